The Kier molecular flexibility index (Phi) is 4.59. The van der Waals surface area contributed by atoms with Crippen LogP contribution in [0.3, 0.4) is 0 Å². The Labute approximate surface area is 171 Å². The lowest BCUT2D eigenvalue weighted by Gasteiger charge is -2.33. The average Bonchev–Trinajstić information content (AvgIpc) is 3.08. The fraction of sp³-hybridized carbons (Fsp3) is 0.360. The normalized spacial score (nSPS) is 21.0. The average molecular weight is 386 g/mol. The second-order valence-electron chi connectivity index (χ2n) is 8.54. The molecule has 5 rings (SSSR count). The molecule has 2 saturated heterocycles. The van der Waals surface area contributed by atoms with Gasteiger partial charge in [0.2, 0.25) is 0 Å². The van der Waals surface area contributed by atoms with E-state index in [-0.39, 0.29) is 17.4 Å². The molecule has 2 aliphatic rings. The number of carbonyl (C=O) groups excluding carboxylic acids is 1. The van der Waals surface area contributed by atoms with Gasteiger partial charge in [-0.2, -0.15) is 0 Å². The smallest absolute Gasteiger partial charge is 0.254 e. The van der Waals surface area contributed by atoms with Gasteiger partial charge in [-0.15, -0.1) is 0 Å². The SMILES string of the molecule is CC1CC2(CCOCC2)CN1C(=O)c1cc(-c2ccccc2)nc2ccccc12. The Morgan fingerprint density at radius 1 is 1.07 bits per heavy atom. The molecule has 0 aliphatic carbocycles. The van der Waals surface area contributed by atoms with Crippen LogP contribution < -0.4 is 0 Å². The molecule has 0 N–H and O–H groups in total. The topological polar surface area (TPSA) is 42.4 Å². The summed E-state index contributed by atoms with van der Waals surface area (Å²) in [5, 5.41) is 0.928. The molecule has 2 aliphatic heterocycles. The summed E-state index contributed by atoms with van der Waals surface area (Å²) in [5.41, 5.74) is 3.72. The van der Waals surface area contributed by atoms with Gasteiger partial charge in [0.1, 0.15) is 0 Å². The lowest BCUT2D eigenvalue weighted by molar-refractivity contribution is 0.0190. The quantitative estimate of drug-likeness (QED) is 0.627. The molecule has 3 aromatic rings. The van der Waals surface area contributed by atoms with Crippen LogP contribution in [0.4, 0.5) is 0 Å². The van der Waals surface area contributed by atoms with Gasteiger partial charge in [-0.05, 0) is 43.7 Å². The second kappa shape index (κ2) is 7.27. The van der Waals surface area contributed by atoms with Crippen LogP contribution in [0.15, 0.2) is 60.7 Å². The van der Waals surface area contributed by atoms with Crippen LogP contribution >= 0.6 is 0 Å². The number of aromatic nitrogens is 1. The van der Waals surface area contributed by atoms with Gasteiger partial charge >= 0.3 is 0 Å². The molecular formula is C25H26N2O2. The van der Waals surface area contributed by atoms with E-state index in [0.717, 1.165) is 66.7 Å². The Balaban J connectivity index is 1.56. The zero-order valence-electron chi connectivity index (χ0n) is 16.8. The molecule has 4 heteroatoms. The van der Waals surface area contributed by atoms with E-state index in [2.05, 4.69) is 11.8 Å². The van der Waals surface area contributed by atoms with Gasteiger partial charge in [0, 0.05) is 36.8 Å². The number of benzene rings is 2. The number of carbonyl (C=O) groups is 1. The summed E-state index contributed by atoms with van der Waals surface area (Å²) in [5.74, 6) is 0.122. The molecule has 3 heterocycles. The summed E-state index contributed by atoms with van der Waals surface area (Å²) >= 11 is 0. The maximum absolute atomic E-state index is 13.7. The Morgan fingerprint density at radius 3 is 2.59 bits per heavy atom. The van der Waals surface area contributed by atoms with Crippen molar-refractivity contribution < 1.29 is 9.53 Å². The van der Waals surface area contributed by atoms with Crippen LogP contribution in [0.5, 0.6) is 0 Å². The van der Waals surface area contributed by atoms with Gasteiger partial charge in [-0.1, -0.05) is 48.5 Å². The Morgan fingerprint density at radius 2 is 1.79 bits per heavy atom. The van der Waals surface area contributed by atoms with Crippen molar-refractivity contribution in [3.05, 3.63) is 66.2 Å². The Bertz CT molecular complexity index is 1040. The summed E-state index contributed by atoms with van der Waals surface area (Å²) in [4.78, 5) is 20.7. The van der Waals surface area contributed by atoms with Crippen LogP contribution in [-0.4, -0.2) is 41.6 Å². The van der Waals surface area contributed by atoms with E-state index in [1.54, 1.807) is 0 Å². The van der Waals surface area contributed by atoms with Gasteiger partial charge in [0.15, 0.2) is 0 Å². The van der Waals surface area contributed by atoms with Crippen molar-refractivity contribution in [2.24, 2.45) is 5.41 Å². The highest BCUT2D eigenvalue weighted by Gasteiger charge is 2.45. The standard InChI is InChI=1S/C25H26N2O2/c1-18-16-25(11-13-29-14-12-25)17-27(18)24(28)21-15-23(19-7-3-2-4-8-19)26-22-10-6-5-9-20(21)22/h2-10,15,18H,11-14,16-17H2,1H3. The number of ether oxygens (including phenoxy) is 1. The van der Waals surface area contributed by atoms with E-state index >= 15 is 0 Å². The molecule has 4 nitrogen and oxygen atoms in total. The monoisotopic (exact) mass is 386 g/mol. The van der Waals surface area contributed by atoms with Gasteiger partial charge in [0.05, 0.1) is 16.8 Å². The first-order valence-corrected chi connectivity index (χ1v) is 10.5. The lowest BCUT2D eigenvalue weighted by atomic mass is 9.78. The first kappa shape index (κ1) is 18.3. The number of rotatable bonds is 2. The molecule has 0 saturated carbocycles. The highest BCUT2D eigenvalue weighted by molar-refractivity contribution is 6.07. The van der Waals surface area contributed by atoms with E-state index in [1.165, 1.54) is 0 Å². The largest absolute Gasteiger partial charge is 0.381 e. The minimum absolute atomic E-state index is 0.122. The highest BCUT2D eigenvalue weighted by atomic mass is 16.5. The number of hydrogen-bond acceptors (Lipinski definition) is 3. The zero-order chi connectivity index (χ0) is 19.8. The summed E-state index contributed by atoms with van der Waals surface area (Å²) in [6.07, 6.45) is 3.16. The number of amides is 1. The van der Waals surface area contributed by atoms with Gasteiger partial charge in [-0.3, -0.25) is 4.79 Å². The van der Waals surface area contributed by atoms with E-state index < -0.39 is 0 Å². The van der Waals surface area contributed by atoms with Crippen LogP contribution in [-0.2, 0) is 4.74 Å². The number of nitrogens with zero attached hydrogens (tertiary/aromatic N) is 2. The number of fused-ring (bicyclic) bond motifs is 1. The molecular weight excluding hydrogens is 360 g/mol. The molecule has 2 fully saturated rings. The van der Waals surface area contributed by atoms with Gasteiger partial charge < -0.3 is 9.64 Å². The number of hydrogen-bond donors (Lipinski definition) is 0. The van der Waals surface area contributed by atoms with Crippen LogP contribution in [0, 0.1) is 5.41 Å². The summed E-state index contributed by atoms with van der Waals surface area (Å²) in [7, 11) is 0. The minimum atomic E-state index is 0.122. The highest BCUT2D eigenvalue weighted by Crippen LogP contribution is 2.43. The number of para-hydroxylation sites is 1. The molecule has 1 unspecified atom stereocenters. The molecule has 1 aromatic heterocycles. The van der Waals surface area contributed by atoms with Crippen molar-refractivity contribution in [1.29, 1.82) is 0 Å². The summed E-state index contributed by atoms with van der Waals surface area (Å²) in [6, 6.07) is 20.3. The molecule has 29 heavy (non-hydrogen) atoms. The van der Waals surface area contributed by atoms with Crippen LogP contribution in [0.25, 0.3) is 22.2 Å². The molecule has 0 bridgehead atoms. The summed E-state index contributed by atoms with van der Waals surface area (Å²) in [6.45, 7) is 4.63. The van der Waals surface area contributed by atoms with Crippen LogP contribution in [0.1, 0.15) is 36.5 Å². The first-order chi connectivity index (χ1) is 14.2. The molecule has 148 valence electrons. The van der Waals surface area contributed by atoms with Gasteiger partial charge in [-0.25, -0.2) is 4.98 Å². The van der Waals surface area contributed by atoms with Crippen molar-refractivity contribution in [3.8, 4) is 11.3 Å². The van der Waals surface area contributed by atoms with E-state index in [1.807, 2.05) is 60.7 Å². The fourth-order valence-electron chi connectivity index (χ4n) is 5.02. The van der Waals surface area contributed by atoms with Crippen molar-refractivity contribution in [2.75, 3.05) is 19.8 Å². The molecule has 1 atom stereocenters. The molecule has 1 amide bonds. The van der Waals surface area contributed by atoms with Crippen molar-refractivity contribution in [1.82, 2.24) is 9.88 Å². The molecule has 1 spiro atoms. The maximum atomic E-state index is 13.7. The predicted octanol–water partition coefficient (Wildman–Crippen LogP) is 4.93. The third-order valence-electron chi connectivity index (χ3n) is 6.60. The zero-order valence-corrected chi connectivity index (χ0v) is 16.8. The Hall–Kier alpha value is -2.72. The second-order valence-corrected chi connectivity index (χ2v) is 8.54. The summed E-state index contributed by atoms with van der Waals surface area (Å²) < 4.78 is 5.58. The third-order valence-corrected chi connectivity index (χ3v) is 6.60. The lowest BCUT2D eigenvalue weighted by Crippen LogP contribution is -2.37. The van der Waals surface area contributed by atoms with Crippen molar-refractivity contribution in [3.63, 3.8) is 0 Å². The third kappa shape index (κ3) is 3.32. The van der Waals surface area contributed by atoms with E-state index in [4.69, 9.17) is 9.72 Å². The number of pyridine rings is 1. The maximum Gasteiger partial charge on any atom is 0.254 e. The minimum Gasteiger partial charge on any atom is -0.381 e. The van der Waals surface area contributed by atoms with E-state index in [9.17, 15) is 4.79 Å². The molecule has 2 aromatic carbocycles. The predicted molar refractivity (Wildman–Crippen MR) is 115 cm³/mol. The fourth-order valence-corrected chi connectivity index (χ4v) is 5.02. The number of likely N-dealkylation sites (tertiary alicyclic amines) is 1. The first-order valence-electron chi connectivity index (χ1n) is 10.5. The van der Waals surface area contributed by atoms with Gasteiger partial charge in [0.25, 0.3) is 5.91 Å². The van der Waals surface area contributed by atoms with Crippen LogP contribution in [0.2, 0.25) is 0 Å². The van der Waals surface area contributed by atoms with Crippen molar-refractivity contribution in [2.45, 2.75) is 32.2 Å². The van der Waals surface area contributed by atoms with E-state index in [0.29, 0.717) is 0 Å². The molecule has 0 radical (unpaired) electrons. The van der Waals surface area contributed by atoms with Crippen molar-refractivity contribution >= 4 is 16.8 Å².